The number of nitro groups is 2. The van der Waals surface area contributed by atoms with Gasteiger partial charge < -0.3 is 0 Å². The number of carbonyl (C=O) groups is 4. The van der Waals surface area contributed by atoms with E-state index in [0.717, 1.165) is 9.80 Å². The van der Waals surface area contributed by atoms with Crippen LogP contribution in [0.25, 0.3) is 0 Å². The zero-order valence-electron chi connectivity index (χ0n) is 21.6. The van der Waals surface area contributed by atoms with Crippen LogP contribution in [0.3, 0.4) is 0 Å². The Hall–Kier alpha value is -5.52. The van der Waals surface area contributed by atoms with Gasteiger partial charge >= 0.3 is 0 Å². The summed E-state index contributed by atoms with van der Waals surface area (Å²) in [5, 5.41) is 23.6. The van der Waals surface area contributed by atoms with Crippen LogP contribution in [0.5, 0.6) is 0 Å². The second-order valence-electron chi connectivity index (χ2n) is 10.8. The predicted molar refractivity (Wildman–Crippen MR) is 146 cm³/mol. The van der Waals surface area contributed by atoms with E-state index in [-0.39, 0.29) is 11.4 Å². The minimum Gasteiger partial charge on any atom is -0.274 e. The van der Waals surface area contributed by atoms with Gasteiger partial charge in [-0.3, -0.25) is 39.4 Å². The number of benzene rings is 3. The molecule has 8 rings (SSSR count). The van der Waals surface area contributed by atoms with Crippen LogP contribution in [0.15, 0.2) is 91.0 Å². The Labute approximate surface area is 237 Å². The minimum absolute atomic E-state index is 0.182. The fraction of sp³-hybridized carbons (Fsp3) is 0.200. The number of hydrogen-bond acceptors (Lipinski definition) is 8. The smallest absolute Gasteiger partial charge is 0.274 e. The van der Waals surface area contributed by atoms with Crippen molar-refractivity contribution in [1.29, 1.82) is 0 Å². The summed E-state index contributed by atoms with van der Waals surface area (Å²) in [6.45, 7) is 0. The van der Waals surface area contributed by atoms with Crippen LogP contribution in [-0.2, 0) is 24.6 Å². The summed E-state index contributed by atoms with van der Waals surface area (Å²) in [6, 6.07) is 19.5. The van der Waals surface area contributed by atoms with Crippen molar-refractivity contribution in [2.75, 3.05) is 9.80 Å². The molecule has 2 aliphatic heterocycles. The number of carbonyl (C=O) groups excluding carboxylic acids is 4. The van der Waals surface area contributed by atoms with Crippen LogP contribution < -0.4 is 9.80 Å². The van der Waals surface area contributed by atoms with Gasteiger partial charge in [0.15, 0.2) is 0 Å². The van der Waals surface area contributed by atoms with E-state index in [4.69, 9.17) is 0 Å². The molecule has 12 nitrogen and oxygen atoms in total. The van der Waals surface area contributed by atoms with Crippen molar-refractivity contribution >= 4 is 46.4 Å². The van der Waals surface area contributed by atoms with E-state index < -0.39 is 79.9 Å². The molecule has 0 radical (unpaired) electrons. The summed E-state index contributed by atoms with van der Waals surface area (Å²) in [7, 11) is 0. The Morgan fingerprint density at radius 2 is 1.02 bits per heavy atom. The quantitative estimate of drug-likeness (QED) is 0.197. The molecule has 4 amide bonds. The van der Waals surface area contributed by atoms with E-state index in [0.29, 0.717) is 5.56 Å². The van der Waals surface area contributed by atoms with Crippen LogP contribution in [0.4, 0.5) is 22.7 Å². The number of allylic oxidation sites excluding steroid dienone is 2. The molecule has 3 aromatic rings. The zero-order chi connectivity index (χ0) is 29.5. The molecule has 0 aromatic heterocycles. The SMILES string of the molecule is O=C1[C@@H]2C3C=CC(c4ccccc4)([C@@H]2C(=O)N1c1ccccc1[N+](=O)[O-])[C@@H]1C(=O)N(c2ccccc2[N+](=O)[O-])C(=O)[C@@H]31. The number of hydrogen-bond donors (Lipinski definition) is 0. The molecule has 6 atom stereocenters. The Morgan fingerprint density at radius 3 is 1.48 bits per heavy atom. The molecule has 3 aliphatic carbocycles. The standard InChI is InChI=1S/C30H20N4O8/c35-26-22-17-14-15-30(16-8-2-1-3-9-16,24(22)28(37)31(26)18-10-4-6-12-20(18)33(39)40)25-23(17)27(36)32(29(25)38)19-11-5-7-13-21(19)34(41)42/h1-15,17,22-25H/t17?,22-,23+,24-,25-,30?/m0/s1. The second kappa shape index (κ2) is 8.74. The van der Waals surface area contributed by atoms with E-state index in [9.17, 15) is 39.4 Å². The Balaban J connectivity index is 1.44. The molecular formula is C30H20N4O8. The fourth-order valence-corrected chi connectivity index (χ4v) is 7.57. The molecule has 12 heteroatoms. The van der Waals surface area contributed by atoms with Gasteiger partial charge in [-0.25, -0.2) is 9.80 Å². The third kappa shape index (κ3) is 3.05. The largest absolute Gasteiger partial charge is 0.293 e. The monoisotopic (exact) mass is 564 g/mol. The lowest BCUT2D eigenvalue weighted by Crippen LogP contribution is -2.60. The highest BCUT2D eigenvalue weighted by atomic mass is 16.6. The van der Waals surface area contributed by atoms with E-state index >= 15 is 0 Å². The van der Waals surface area contributed by atoms with Crippen LogP contribution in [0.2, 0.25) is 0 Å². The van der Waals surface area contributed by atoms with Crippen molar-refractivity contribution in [2.24, 2.45) is 29.6 Å². The lowest BCUT2D eigenvalue weighted by Gasteiger charge is -2.53. The Kier molecular flexibility index (Phi) is 5.29. The van der Waals surface area contributed by atoms with Gasteiger partial charge in [0.1, 0.15) is 11.4 Å². The number of para-hydroxylation sites is 4. The molecule has 5 aliphatic rings. The van der Waals surface area contributed by atoms with Gasteiger partial charge in [-0.15, -0.1) is 0 Å². The van der Waals surface area contributed by atoms with E-state index in [1.54, 1.807) is 42.5 Å². The lowest BCUT2D eigenvalue weighted by atomic mass is 9.45. The van der Waals surface area contributed by atoms with Crippen LogP contribution in [0, 0.1) is 49.8 Å². The van der Waals surface area contributed by atoms with E-state index in [1.807, 2.05) is 0 Å². The average Bonchev–Trinajstić information content (AvgIpc) is 3.44. The molecule has 0 N–H and O–H groups in total. The first-order chi connectivity index (χ1) is 20.2. The maximum Gasteiger partial charge on any atom is 0.293 e. The number of amides is 4. The van der Waals surface area contributed by atoms with E-state index in [2.05, 4.69) is 0 Å². The molecular weight excluding hydrogens is 544 g/mol. The van der Waals surface area contributed by atoms with E-state index in [1.165, 1.54) is 48.5 Å². The third-order valence-corrected chi connectivity index (χ3v) is 9.07. The molecule has 2 unspecified atom stereocenters. The summed E-state index contributed by atoms with van der Waals surface area (Å²) in [5.74, 6) is -8.18. The number of nitrogens with zero attached hydrogens (tertiary/aromatic N) is 4. The molecule has 2 saturated heterocycles. The molecule has 2 bridgehead atoms. The average molecular weight is 565 g/mol. The van der Waals surface area contributed by atoms with Gasteiger partial charge in [0.2, 0.25) is 23.6 Å². The van der Waals surface area contributed by atoms with Crippen molar-refractivity contribution in [3.63, 3.8) is 0 Å². The first kappa shape index (κ1) is 25.4. The highest BCUT2D eigenvalue weighted by molar-refractivity contribution is 6.28. The van der Waals surface area contributed by atoms with Crippen molar-refractivity contribution < 1.29 is 29.0 Å². The summed E-state index contributed by atoms with van der Waals surface area (Å²) in [5.41, 5.74) is -2.18. The highest BCUT2D eigenvalue weighted by Crippen LogP contribution is 2.65. The van der Waals surface area contributed by atoms with Crippen molar-refractivity contribution in [1.82, 2.24) is 0 Å². The minimum atomic E-state index is -1.47. The summed E-state index contributed by atoms with van der Waals surface area (Å²) in [6.07, 6.45) is 3.38. The summed E-state index contributed by atoms with van der Waals surface area (Å²) in [4.78, 5) is 80.8. The second-order valence-corrected chi connectivity index (χ2v) is 10.8. The number of nitro benzene ring substituents is 2. The molecule has 3 aromatic carbocycles. The first-order valence-corrected chi connectivity index (χ1v) is 13.2. The van der Waals surface area contributed by atoms with Crippen LogP contribution >= 0.6 is 0 Å². The van der Waals surface area contributed by atoms with Crippen LogP contribution in [-0.4, -0.2) is 33.5 Å². The first-order valence-electron chi connectivity index (χ1n) is 13.2. The predicted octanol–water partition coefficient (Wildman–Crippen LogP) is 3.55. The fourth-order valence-electron chi connectivity index (χ4n) is 7.57. The van der Waals surface area contributed by atoms with Gasteiger partial charge in [-0.1, -0.05) is 66.7 Å². The molecule has 42 heavy (non-hydrogen) atoms. The maximum absolute atomic E-state index is 14.3. The number of imide groups is 2. The van der Waals surface area contributed by atoms with Gasteiger partial charge in [-0.05, 0) is 17.7 Å². The Morgan fingerprint density at radius 1 is 0.595 bits per heavy atom. The van der Waals surface area contributed by atoms with Crippen molar-refractivity contribution in [3.05, 3.63) is 117 Å². The zero-order valence-corrected chi connectivity index (χ0v) is 21.6. The van der Waals surface area contributed by atoms with Gasteiger partial charge in [0.25, 0.3) is 11.4 Å². The maximum atomic E-state index is 14.3. The number of rotatable bonds is 5. The molecule has 2 heterocycles. The normalized spacial score (nSPS) is 29.2. The summed E-state index contributed by atoms with van der Waals surface area (Å²) >= 11 is 0. The third-order valence-electron chi connectivity index (χ3n) is 9.07. The molecule has 1 saturated carbocycles. The van der Waals surface area contributed by atoms with Gasteiger partial charge in [-0.2, -0.15) is 0 Å². The van der Waals surface area contributed by atoms with Gasteiger partial charge in [0, 0.05) is 23.5 Å². The van der Waals surface area contributed by atoms with Crippen molar-refractivity contribution in [2.45, 2.75) is 5.41 Å². The summed E-state index contributed by atoms with van der Waals surface area (Å²) < 4.78 is 0. The van der Waals surface area contributed by atoms with Crippen molar-refractivity contribution in [3.8, 4) is 0 Å². The lowest BCUT2D eigenvalue weighted by molar-refractivity contribution is -0.384. The number of anilines is 2. The molecule has 0 spiro atoms. The molecule has 3 fully saturated rings. The highest BCUT2D eigenvalue weighted by Gasteiger charge is 2.75. The van der Waals surface area contributed by atoms with Crippen LogP contribution in [0.1, 0.15) is 5.56 Å². The Bertz CT molecular complexity index is 1680. The molecule has 208 valence electrons. The van der Waals surface area contributed by atoms with Gasteiger partial charge in [0.05, 0.1) is 33.5 Å². The topological polar surface area (TPSA) is 161 Å².